The molecule has 1 aromatic rings. The van der Waals surface area contributed by atoms with Crippen molar-refractivity contribution in [1.82, 2.24) is 0 Å². The molecule has 0 saturated heterocycles. The molecule has 0 bridgehead atoms. The number of Topliss-reactive ketones (excluding diaryl/α,β-unsaturated/α-hetero) is 1. The van der Waals surface area contributed by atoms with Crippen molar-refractivity contribution in [3.8, 4) is 11.8 Å². The second-order valence-corrected chi connectivity index (χ2v) is 3.40. The minimum absolute atomic E-state index is 0.0931. The predicted molar refractivity (Wildman–Crippen MR) is 62.3 cm³/mol. The normalized spacial score (nSPS) is 9.31. The van der Waals surface area contributed by atoms with Crippen molar-refractivity contribution in [3.63, 3.8) is 0 Å². The number of benzene rings is 1. The van der Waals surface area contributed by atoms with E-state index in [0.717, 1.165) is 0 Å². The maximum atomic E-state index is 11.1. The summed E-state index contributed by atoms with van der Waals surface area (Å²) in [6.45, 7) is 5.93. The summed E-state index contributed by atoms with van der Waals surface area (Å²) in [6, 6.07) is 6.39. The van der Waals surface area contributed by atoms with Gasteiger partial charge in [0.25, 0.3) is 5.78 Å². The number of hydrogen-bond acceptors (Lipinski definition) is 3. The molecular formula is C12H10ClNO2. The van der Waals surface area contributed by atoms with E-state index in [2.05, 4.69) is 6.58 Å². The first-order valence-electron chi connectivity index (χ1n) is 4.66. The monoisotopic (exact) mass is 235 g/mol. The molecule has 0 atom stereocenters. The molecule has 82 valence electrons. The molecule has 0 amide bonds. The summed E-state index contributed by atoms with van der Waals surface area (Å²) in [6.07, 6.45) is 0. The molecule has 1 rings (SSSR count). The minimum atomic E-state index is -0.689. The van der Waals surface area contributed by atoms with Crippen molar-refractivity contribution in [3.05, 3.63) is 35.4 Å². The predicted octanol–water partition coefficient (Wildman–Crippen LogP) is 2.84. The molecule has 16 heavy (non-hydrogen) atoms. The maximum Gasteiger partial charge on any atom is 0.262 e. The summed E-state index contributed by atoms with van der Waals surface area (Å²) in [5.41, 5.74) is 0.548. The lowest BCUT2D eigenvalue weighted by atomic mass is 10.0. The molecule has 0 unspecified atom stereocenters. The number of hydrogen-bond donors (Lipinski definition) is 0. The number of carbonyl (C=O) groups is 1. The molecule has 0 saturated carbocycles. The van der Waals surface area contributed by atoms with E-state index in [1.165, 1.54) is 6.07 Å². The first-order chi connectivity index (χ1) is 7.60. The summed E-state index contributed by atoms with van der Waals surface area (Å²) in [5, 5.41) is 8.81. The number of halogens is 1. The number of carbonyl (C=O) groups excluding carboxylic acids is 1. The Morgan fingerprint density at radius 1 is 1.62 bits per heavy atom. The Kier molecular flexibility index (Phi) is 4.10. The van der Waals surface area contributed by atoms with Crippen LogP contribution in [-0.4, -0.2) is 12.4 Å². The highest BCUT2D eigenvalue weighted by Crippen LogP contribution is 2.27. The molecule has 0 aliphatic carbocycles. The van der Waals surface area contributed by atoms with E-state index >= 15 is 0 Å². The highest BCUT2D eigenvalue weighted by Gasteiger charge is 2.12. The van der Waals surface area contributed by atoms with Gasteiger partial charge in [-0.15, -0.1) is 0 Å². The zero-order valence-electron chi connectivity index (χ0n) is 8.79. The first-order valence-corrected chi connectivity index (χ1v) is 5.04. The molecule has 3 nitrogen and oxygen atoms in total. The molecule has 0 aliphatic rings. The van der Waals surface area contributed by atoms with Crippen molar-refractivity contribution >= 4 is 23.0 Å². The zero-order chi connectivity index (χ0) is 12.1. The lowest BCUT2D eigenvalue weighted by Gasteiger charge is -2.07. The van der Waals surface area contributed by atoms with Crippen molar-refractivity contribution in [2.24, 2.45) is 0 Å². The van der Waals surface area contributed by atoms with E-state index in [9.17, 15) is 4.79 Å². The fourth-order valence-electron chi connectivity index (χ4n) is 1.19. The molecule has 0 aromatic heterocycles. The van der Waals surface area contributed by atoms with Gasteiger partial charge in [0, 0.05) is 11.1 Å². The van der Waals surface area contributed by atoms with Gasteiger partial charge in [0.05, 0.1) is 11.6 Å². The lowest BCUT2D eigenvalue weighted by molar-refractivity contribution is -0.109. The van der Waals surface area contributed by atoms with Gasteiger partial charge in [0.2, 0.25) is 0 Å². The Balaban J connectivity index is 3.05. The molecule has 0 N–H and O–H groups in total. The van der Waals surface area contributed by atoms with Crippen LogP contribution in [0.1, 0.15) is 12.5 Å². The van der Waals surface area contributed by atoms with Gasteiger partial charge in [0.1, 0.15) is 11.8 Å². The van der Waals surface area contributed by atoms with Crippen LogP contribution in [-0.2, 0) is 4.79 Å². The molecule has 1 aromatic carbocycles. The van der Waals surface area contributed by atoms with Crippen LogP contribution in [0.15, 0.2) is 24.8 Å². The fraction of sp³-hybridized carbons (Fsp3) is 0.167. The number of allylic oxidation sites excluding steroid dienone is 1. The number of ketones is 1. The summed E-state index contributed by atoms with van der Waals surface area (Å²) in [4.78, 5) is 11.1. The second-order valence-electron chi connectivity index (χ2n) is 2.99. The van der Waals surface area contributed by atoms with Gasteiger partial charge in [-0.25, -0.2) is 0 Å². The minimum Gasteiger partial charge on any atom is -0.494 e. The van der Waals surface area contributed by atoms with Gasteiger partial charge in [-0.3, -0.25) is 4.79 Å². The van der Waals surface area contributed by atoms with Crippen LogP contribution in [0.5, 0.6) is 5.75 Å². The van der Waals surface area contributed by atoms with Gasteiger partial charge in [0.15, 0.2) is 0 Å². The third kappa shape index (κ3) is 2.62. The quantitative estimate of drug-likeness (QED) is 0.596. The summed E-state index contributed by atoms with van der Waals surface area (Å²) in [7, 11) is 0. The van der Waals surface area contributed by atoms with E-state index in [4.69, 9.17) is 21.6 Å². The van der Waals surface area contributed by atoms with Crippen molar-refractivity contribution in [2.45, 2.75) is 6.92 Å². The number of ether oxygens (including phenoxy) is 1. The Bertz CT molecular complexity index is 474. The van der Waals surface area contributed by atoms with Gasteiger partial charge in [-0.1, -0.05) is 18.2 Å². The van der Waals surface area contributed by atoms with Crippen LogP contribution in [0.2, 0.25) is 5.02 Å². The summed E-state index contributed by atoms with van der Waals surface area (Å²) in [5.74, 6) is -0.0699. The highest BCUT2D eigenvalue weighted by atomic mass is 35.5. The molecule has 0 spiro atoms. The highest BCUT2D eigenvalue weighted by molar-refractivity contribution is 6.36. The third-order valence-corrected chi connectivity index (χ3v) is 2.27. The van der Waals surface area contributed by atoms with E-state index in [0.29, 0.717) is 22.9 Å². The average molecular weight is 236 g/mol. The smallest absolute Gasteiger partial charge is 0.262 e. The van der Waals surface area contributed by atoms with Crippen LogP contribution in [0.3, 0.4) is 0 Å². The topological polar surface area (TPSA) is 50.1 Å². The molecular weight excluding hydrogens is 226 g/mol. The van der Waals surface area contributed by atoms with E-state index in [1.54, 1.807) is 18.2 Å². The molecule has 0 aliphatic heterocycles. The van der Waals surface area contributed by atoms with E-state index in [1.807, 2.05) is 6.92 Å². The Labute approximate surface area is 98.9 Å². The number of nitriles is 1. The molecule has 0 radical (unpaired) electrons. The third-order valence-electron chi connectivity index (χ3n) is 1.95. The van der Waals surface area contributed by atoms with Crippen LogP contribution in [0.4, 0.5) is 0 Å². The molecule has 4 heteroatoms. The Hall–Kier alpha value is -1.79. The van der Waals surface area contributed by atoms with Crippen molar-refractivity contribution < 1.29 is 9.53 Å². The maximum absolute atomic E-state index is 11.1. The molecule has 0 fully saturated rings. The number of rotatable bonds is 4. The summed E-state index contributed by atoms with van der Waals surface area (Å²) < 4.78 is 5.24. The lowest BCUT2D eigenvalue weighted by Crippen LogP contribution is -1.98. The van der Waals surface area contributed by atoms with Gasteiger partial charge in [-0.05, 0) is 25.1 Å². The largest absolute Gasteiger partial charge is 0.494 e. The van der Waals surface area contributed by atoms with E-state index < -0.39 is 5.78 Å². The number of nitrogens with zero attached hydrogens (tertiary/aromatic N) is 1. The van der Waals surface area contributed by atoms with E-state index in [-0.39, 0.29) is 5.57 Å². The van der Waals surface area contributed by atoms with Gasteiger partial charge in [-0.2, -0.15) is 5.26 Å². The van der Waals surface area contributed by atoms with Crippen molar-refractivity contribution in [1.29, 1.82) is 5.26 Å². The standard InChI is InChI=1S/C12H10ClNO2/c1-3-16-9-4-5-10(11(13)6-9)8(2)12(15)7-14/h4-6H,2-3H2,1H3. The second kappa shape index (κ2) is 5.34. The SMILES string of the molecule is C=C(C(=O)C#N)c1ccc(OCC)cc1Cl. The average Bonchev–Trinajstić information content (AvgIpc) is 2.28. The summed E-state index contributed by atoms with van der Waals surface area (Å²) >= 11 is 5.96. The fourth-order valence-corrected chi connectivity index (χ4v) is 1.47. The van der Waals surface area contributed by atoms with Crippen LogP contribution in [0, 0.1) is 11.3 Å². The van der Waals surface area contributed by atoms with Crippen LogP contribution in [0.25, 0.3) is 5.57 Å². The van der Waals surface area contributed by atoms with Crippen LogP contribution < -0.4 is 4.74 Å². The Morgan fingerprint density at radius 3 is 2.81 bits per heavy atom. The molecule has 0 heterocycles. The van der Waals surface area contributed by atoms with Gasteiger partial charge < -0.3 is 4.74 Å². The van der Waals surface area contributed by atoms with Crippen LogP contribution >= 0.6 is 11.6 Å². The zero-order valence-corrected chi connectivity index (χ0v) is 9.54. The van der Waals surface area contributed by atoms with Crippen molar-refractivity contribution in [2.75, 3.05) is 6.61 Å². The Morgan fingerprint density at radius 2 is 2.31 bits per heavy atom. The first kappa shape index (κ1) is 12.3. The van der Waals surface area contributed by atoms with Gasteiger partial charge >= 0.3 is 0 Å².